The number of hydrogen-bond acceptors (Lipinski definition) is 4. The number of aliphatic hydroxyl groups excluding tert-OH is 1. The van der Waals surface area contributed by atoms with E-state index in [1.54, 1.807) is 0 Å². The lowest BCUT2D eigenvalue weighted by atomic mass is 10.0. The highest BCUT2D eigenvalue weighted by molar-refractivity contribution is 7.80. The molecular formula is C16H24N2O2S. The summed E-state index contributed by atoms with van der Waals surface area (Å²) in [5.74, 6) is 1.18. The van der Waals surface area contributed by atoms with Gasteiger partial charge in [0.05, 0.1) is 18.3 Å². The Morgan fingerprint density at radius 1 is 1.52 bits per heavy atom. The predicted molar refractivity (Wildman–Crippen MR) is 88.7 cm³/mol. The Balaban J connectivity index is 1.72. The lowest BCUT2D eigenvalue weighted by Gasteiger charge is -2.17. The van der Waals surface area contributed by atoms with Gasteiger partial charge in [0.2, 0.25) is 0 Å². The maximum absolute atomic E-state index is 9.60. The van der Waals surface area contributed by atoms with E-state index in [-0.39, 0.29) is 6.10 Å². The van der Waals surface area contributed by atoms with Gasteiger partial charge in [0.25, 0.3) is 0 Å². The Bertz CT molecular complexity index is 479. The molecule has 1 aromatic carbocycles. The fourth-order valence-electron chi connectivity index (χ4n) is 2.73. The molecule has 1 fully saturated rings. The van der Waals surface area contributed by atoms with Gasteiger partial charge < -0.3 is 20.5 Å². The number of benzene rings is 1. The van der Waals surface area contributed by atoms with E-state index in [4.69, 9.17) is 22.7 Å². The molecule has 3 N–H and O–H groups in total. The Morgan fingerprint density at radius 3 is 2.95 bits per heavy atom. The van der Waals surface area contributed by atoms with Gasteiger partial charge in [0.15, 0.2) is 0 Å². The Hall–Kier alpha value is -1.17. The van der Waals surface area contributed by atoms with E-state index >= 15 is 0 Å². The molecular weight excluding hydrogens is 284 g/mol. The highest BCUT2D eigenvalue weighted by atomic mass is 32.1. The molecule has 2 atom stereocenters. The molecule has 4 nitrogen and oxygen atoms in total. The first-order valence-electron chi connectivity index (χ1n) is 7.50. The topological polar surface area (TPSA) is 58.7 Å². The van der Waals surface area contributed by atoms with Crippen molar-refractivity contribution in [2.75, 3.05) is 26.2 Å². The molecule has 21 heavy (non-hydrogen) atoms. The van der Waals surface area contributed by atoms with Gasteiger partial charge in [-0.25, -0.2) is 0 Å². The molecule has 1 aliphatic heterocycles. The van der Waals surface area contributed by atoms with Crippen LogP contribution in [0.15, 0.2) is 24.3 Å². The van der Waals surface area contributed by atoms with E-state index in [0.29, 0.717) is 17.5 Å². The van der Waals surface area contributed by atoms with E-state index < -0.39 is 0 Å². The first-order valence-corrected chi connectivity index (χ1v) is 7.91. The molecule has 0 saturated carbocycles. The van der Waals surface area contributed by atoms with Gasteiger partial charge in [-0.05, 0) is 44.4 Å². The zero-order valence-electron chi connectivity index (χ0n) is 12.5. The number of nitrogens with zero attached hydrogens (tertiary/aromatic N) is 1. The average molecular weight is 308 g/mol. The number of thiocarbonyl (C=S) groups is 1. The summed E-state index contributed by atoms with van der Waals surface area (Å²) < 4.78 is 5.79. The summed E-state index contributed by atoms with van der Waals surface area (Å²) in [4.78, 5) is 2.75. The third-order valence-corrected chi connectivity index (χ3v) is 4.24. The minimum Gasteiger partial charge on any atom is -0.493 e. The summed E-state index contributed by atoms with van der Waals surface area (Å²) in [6.07, 6.45) is 1.84. The minimum atomic E-state index is -0.205. The maximum Gasteiger partial charge on any atom is 0.129 e. The molecule has 0 radical (unpaired) electrons. The number of aliphatic hydroxyl groups is 1. The summed E-state index contributed by atoms with van der Waals surface area (Å²) >= 11 is 5.02. The fraction of sp³-hybridized carbons (Fsp3) is 0.562. The summed E-state index contributed by atoms with van der Waals surface area (Å²) in [6, 6.07) is 7.60. The Morgan fingerprint density at radius 2 is 2.29 bits per heavy atom. The van der Waals surface area contributed by atoms with Crippen LogP contribution in [0.2, 0.25) is 0 Å². The van der Waals surface area contributed by atoms with Crippen LogP contribution in [0, 0.1) is 5.92 Å². The van der Waals surface area contributed by atoms with Crippen LogP contribution in [-0.2, 0) is 0 Å². The third-order valence-electron chi connectivity index (χ3n) is 4.02. The second-order valence-electron chi connectivity index (χ2n) is 5.65. The normalized spacial score (nSPS) is 20.4. The summed E-state index contributed by atoms with van der Waals surface area (Å²) in [5.41, 5.74) is 6.48. The minimum absolute atomic E-state index is 0.205. The summed E-state index contributed by atoms with van der Waals surface area (Å²) in [5, 5.41) is 9.60. The van der Waals surface area contributed by atoms with Gasteiger partial charge in [0.1, 0.15) is 10.7 Å². The SMILES string of the molecule is CC(O)C1CCN(CCCOc2ccccc2C(N)=S)C1. The van der Waals surface area contributed by atoms with Crippen molar-refractivity contribution in [3.63, 3.8) is 0 Å². The van der Waals surface area contributed by atoms with Crippen molar-refractivity contribution in [3.05, 3.63) is 29.8 Å². The van der Waals surface area contributed by atoms with Crippen LogP contribution in [0.4, 0.5) is 0 Å². The number of ether oxygens (including phenoxy) is 1. The number of rotatable bonds is 7. The zero-order valence-corrected chi connectivity index (χ0v) is 13.3. The van der Waals surface area contributed by atoms with Crippen LogP contribution in [0.25, 0.3) is 0 Å². The van der Waals surface area contributed by atoms with E-state index in [0.717, 1.165) is 43.8 Å². The molecule has 1 heterocycles. The number of likely N-dealkylation sites (tertiary alicyclic amines) is 1. The van der Waals surface area contributed by atoms with Gasteiger partial charge in [0, 0.05) is 13.1 Å². The van der Waals surface area contributed by atoms with Gasteiger partial charge in [-0.2, -0.15) is 0 Å². The molecule has 1 aliphatic rings. The Kier molecular flexibility index (Phi) is 5.96. The summed E-state index contributed by atoms with van der Waals surface area (Å²) in [6.45, 7) is 5.58. The van der Waals surface area contributed by atoms with Crippen LogP contribution in [-0.4, -0.2) is 47.3 Å². The highest BCUT2D eigenvalue weighted by Crippen LogP contribution is 2.20. The predicted octanol–water partition coefficient (Wildman–Crippen LogP) is 1.79. The molecule has 0 amide bonds. The van der Waals surface area contributed by atoms with E-state index in [1.165, 1.54) is 0 Å². The highest BCUT2D eigenvalue weighted by Gasteiger charge is 2.25. The first kappa shape index (κ1) is 16.2. The van der Waals surface area contributed by atoms with Gasteiger partial charge in [-0.3, -0.25) is 0 Å². The molecule has 0 bridgehead atoms. The molecule has 0 aromatic heterocycles. The van der Waals surface area contributed by atoms with Gasteiger partial charge in [-0.1, -0.05) is 24.4 Å². The number of nitrogens with two attached hydrogens (primary N) is 1. The second kappa shape index (κ2) is 7.73. The lowest BCUT2D eigenvalue weighted by Crippen LogP contribution is -2.26. The van der Waals surface area contributed by atoms with Crippen molar-refractivity contribution in [2.45, 2.75) is 25.9 Å². The third kappa shape index (κ3) is 4.66. The fourth-order valence-corrected chi connectivity index (χ4v) is 2.89. The van der Waals surface area contributed by atoms with Gasteiger partial charge >= 0.3 is 0 Å². The van der Waals surface area contributed by atoms with Crippen molar-refractivity contribution < 1.29 is 9.84 Å². The second-order valence-corrected chi connectivity index (χ2v) is 6.09. The number of hydrogen-bond donors (Lipinski definition) is 2. The van der Waals surface area contributed by atoms with E-state index in [9.17, 15) is 5.11 Å². The van der Waals surface area contributed by atoms with E-state index in [2.05, 4.69) is 4.90 Å². The lowest BCUT2D eigenvalue weighted by molar-refractivity contribution is 0.127. The van der Waals surface area contributed by atoms with Crippen molar-refractivity contribution in [1.29, 1.82) is 0 Å². The molecule has 2 unspecified atom stereocenters. The van der Waals surface area contributed by atoms with Crippen molar-refractivity contribution >= 4 is 17.2 Å². The van der Waals surface area contributed by atoms with Crippen molar-refractivity contribution in [1.82, 2.24) is 4.90 Å². The largest absolute Gasteiger partial charge is 0.493 e. The molecule has 1 saturated heterocycles. The van der Waals surface area contributed by atoms with Gasteiger partial charge in [-0.15, -0.1) is 0 Å². The van der Waals surface area contributed by atoms with Crippen LogP contribution >= 0.6 is 12.2 Å². The standard InChI is InChI=1S/C16H24N2O2S/c1-12(19)13-7-9-18(11-13)8-4-10-20-15-6-3-2-5-14(15)16(17)21/h2-3,5-6,12-13,19H,4,7-11H2,1H3,(H2,17,21). The maximum atomic E-state index is 9.60. The molecule has 116 valence electrons. The monoisotopic (exact) mass is 308 g/mol. The van der Waals surface area contributed by atoms with E-state index in [1.807, 2.05) is 31.2 Å². The van der Waals surface area contributed by atoms with Crippen LogP contribution in [0.3, 0.4) is 0 Å². The molecule has 0 aliphatic carbocycles. The molecule has 1 aromatic rings. The molecule has 2 rings (SSSR count). The first-order chi connectivity index (χ1) is 10.1. The Labute approximate surface area is 131 Å². The number of para-hydroxylation sites is 1. The average Bonchev–Trinajstić information content (AvgIpc) is 2.93. The van der Waals surface area contributed by atoms with Crippen LogP contribution in [0.5, 0.6) is 5.75 Å². The molecule has 0 spiro atoms. The van der Waals surface area contributed by atoms with Crippen LogP contribution < -0.4 is 10.5 Å². The molecule has 5 heteroatoms. The van der Waals surface area contributed by atoms with Crippen LogP contribution in [0.1, 0.15) is 25.3 Å². The smallest absolute Gasteiger partial charge is 0.129 e. The zero-order chi connectivity index (χ0) is 15.2. The van der Waals surface area contributed by atoms with Crippen molar-refractivity contribution in [2.24, 2.45) is 11.7 Å². The summed E-state index contributed by atoms with van der Waals surface area (Å²) in [7, 11) is 0. The quantitative estimate of drug-likeness (QED) is 0.594. The van der Waals surface area contributed by atoms with Crippen molar-refractivity contribution in [3.8, 4) is 5.75 Å².